The second-order valence-corrected chi connectivity index (χ2v) is 4.35. The zero-order valence-electron chi connectivity index (χ0n) is 11.0. The molecular weight excluding hydrogens is 242 g/mol. The number of aromatic hydroxyl groups is 2. The Morgan fingerprint density at radius 3 is 2.58 bits per heavy atom. The van der Waals surface area contributed by atoms with Gasteiger partial charge in [0.15, 0.2) is 0 Å². The Hall–Kier alpha value is -2.36. The fourth-order valence-corrected chi connectivity index (χ4v) is 1.87. The van der Waals surface area contributed by atoms with Gasteiger partial charge in [-0.05, 0) is 48.9 Å². The number of phenols is 2. The van der Waals surface area contributed by atoms with Crippen LogP contribution in [0.25, 0.3) is 0 Å². The minimum Gasteiger partial charge on any atom is -0.508 e. The lowest BCUT2D eigenvalue weighted by Gasteiger charge is -2.12. The first-order valence-corrected chi connectivity index (χ1v) is 5.99. The van der Waals surface area contributed by atoms with Crippen molar-refractivity contribution in [2.24, 2.45) is 0 Å². The highest BCUT2D eigenvalue weighted by Crippen LogP contribution is 2.25. The van der Waals surface area contributed by atoms with Gasteiger partial charge in [0, 0.05) is 17.8 Å². The maximum atomic E-state index is 9.79. The summed E-state index contributed by atoms with van der Waals surface area (Å²) in [6.07, 6.45) is 0. The normalized spacial score (nSPS) is 10.2. The van der Waals surface area contributed by atoms with Crippen molar-refractivity contribution >= 4 is 5.69 Å². The number of aryl methyl sites for hydroxylation is 1. The third kappa shape index (κ3) is 3.10. The Labute approximate surface area is 112 Å². The maximum absolute atomic E-state index is 9.79. The quantitative estimate of drug-likeness (QED) is 0.739. The van der Waals surface area contributed by atoms with E-state index in [1.54, 1.807) is 37.4 Å². The molecule has 0 unspecified atom stereocenters. The number of rotatable bonds is 4. The molecule has 2 aromatic rings. The lowest BCUT2D eigenvalue weighted by molar-refractivity contribution is 0.411. The van der Waals surface area contributed by atoms with Crippen LogP contribution >= 0.6 is 0 Å². The SMILES string of the molecule is COc1ccc(O)c(CNc2ccc(O)cc2C)c1. The Morgan fingerprint density at radius 1 is 1.11 bits per heavy atom. The van der Waals surface area contributed by atoms with Gasteiger partial charge in [-0.15, -0.1) is 0 Å². The molecule has 0 fully saturated rings. The monoisotopic (exact) mass is 259 g/mol. The Kier molecular flexibility index (Phi) is 3.80. The van der Waals surface area contributed by atoms with Gasteiger partial charge in [0.25, 0.3) is 0 Å². The smallest absolute Gasteiger partial charge is 0.120 e. The first kappa shape index (κ1) is 13.1. The number of hydrogen-bond acceptors (Lipinski definition) is 4. The molecule has 0 saturated heterocycles. The van der Waals surface area contributed by atoms with Crippen molar-refractivity contribution in [3.8, 4) is 17.2 Å². The largest absolute Gasteiger partial charge is 0.508 e. The van der Waals surface area contributed by atoms with E-state index in [0.717, 1.165) is 16.8 Å². The molecule has 0 aromatic heterocycles. The van der Waals surface area contributed by atoms with E-state index in [4.69, 9.17) is 4.74 Å². The third-order valence-electron chi connectivity index (χ3n) is 2.97. The van der Waals surface area contributed by atoms with E-state index in [1.807, 2.05) is 13.0 Å². The molecule has 0 spiro atoms. The molecular formula is C15H17NO3. The number of methoxy groups -OCH3 is 1. The molecule has 0 saturated carbocycles. The minimum atomic E-state index is 0.227. The molecule has 0 aliphatic heterocycles. The van der Waals surface area contributed by atoms with Crippen LogP contribution in [0.4, 0.5) is 5.69 Å². The first-order valence-electron chi connectivity index (χ1n) is 5.99. The molecule has 4 heteroatoms. The van der Waals surface area contributed by atoms with Crippen molar-refractivity contribution in [3.05, 3.63) is 47.5 Å². The summed E-state index contributed by atoms with van der Waals surface area (Å²) in [5, 5.41) is 22.4. The number of anilines is 1. The topological polar surface area (TPSA) is 61.7 Å². The Balaban J connectivity index is 2.14. The molecule has 0 heterocycles. The van der Waals surface area contributed by atoms with Crippen LogP contribution in [0.2, 0.25) is 0 Å². The lowest BCUT2D eigenvalue weighted by Crippen LogP contribution is -2.01. The van der Waals surface area contributed by atoms with Gasteiger partial charge in [0.1, 0.15) is 17.2 Å². The van der Waals surface area contributed by atoms with E-state index < -0.39 is 0 Å². The van der Waals surface area contributed by atoms with Crippen LogP contribution < -0.4 is 10.1 Å². The second-order valence-electron chi connectivity index (χ2n) is 4.35. The van der Waals surface area contributed by atoms with Crippen LogP contribution in [0.1, 0.15) is 11.1 Å². The highest BCUT2D eigenvalue weighted by molar-refractivity contribution is 5.54. The molecule has 0 aliphatic carbocycles. The second kappa shape index (κ2) is 5.52. The number of hydrogen-bond donors (Lipinski definition) is 3. The van der Waals surface area contributed by atoms with E-state index >= 15 is 0 Å². The fraction of sp³-hybridized carbons (Fsp3) is 0.200. The van der Waals surface area contributed by atoms with Crippen LogP contribution in [0.5, 0.6) is 17.2 Å². The van der Waals surface area contributed by atoms with E-state index in [2.05, 4.69) is 5.32 Å². The predicted octanol–water partition coefficient (Wildman–Crippen LogP) is 3.03. The zero-order valence-corrected chi connectivity index (χ0v) is 11.0. The maximum Gasteiger partial charge on any atom is 0.120 e. The molecule has 0 bridgehead atoms. The fourth-order valence-electron chi connectivity index (χ4n) is 1.87. The molecule has 2 aromatic carbocycles. The zero-order chi connectivity index (χ0) is 13.8. The molecule has 2 rings (SSSR count). The van der Waals surface area contributed by atoms with Crippen molar-refractivity contribution < 1.29 is 14.9 Å². The van der Waals surface area contributed by atoms with Gasteiger partial charge in [-0.1, -0.05) is 0 Å². The summed E-state index contributed by atoms with van der Waals surface area (Å²) in [6.45, 7) is 2.39. The molecule has 0 radical (unpaired) electrons. The summed E-state index contributed by atoms with van der Waals surface area (Å²) in [5.41, 5.74) is 2.62. The van der Waals surface area contributed by atoms with Gasteiger partial charge in [-0.2, -0.15) is 0 Å². The third-order valence-corrected chi connectivity index (χ3v) is 2.97. The number of ether oxygens (including phenoxy) is 1. The highest BCUT2D eigenvalue weighted by Gasteiger charge is 2.05. The molecule has 19 heavy (non-hydrogen) atoms. The van der Waals surface area contributed by atoms with Gasteiger partial charge >= 0.3 is 0 Å². The van der Waals surface area contributed by atoms with E-state index in [-0.39, 0.29) is 11.5 Å². The summed E-state index contributed by atoms with van der Waals surface area (Å²) in [7, 11) is 1.59. The van der Waals surface area contributed by atoms with Crippen molar-refractivity contribution in [2.45, 2.75) is 13.5 Å². The van der Waals surface area contributed by atoms with Gasteiger partial charge in [0.2, 0.25) is 0 Å². The van der Waals surface area contributed by atoms with Gasteiger partial charge in [0.05, 0.1) is 7.11 Å². The predicted molar refractivity (Wildman–Crippen MR) is 74.8 cm³/mol. The lowest BCUT2D eigenvalue weighted by atomic mass is 10.1. The van der Waals surface area contributed by atoms with Crippen LogP contribution in [-0.4, -0.2) is 17.3 Å². The molecule has 3 N–H and O–H groups in total. The molecule has 0 atom stereocenters. The van der Waals surface area contributed by atoms with Crippen LogP contribution in [-0.2, 0) is 6.54 Å². The number of nitrogens with one attached hydrogen (secondary N) is 1. The number of benzene rings is 2. The summed E-state index contributed by atoms with van der Waals surface area (Å²) in [6, 6.07) is 10.2. The van der Waals surface area contributed by atoms with Crippen molar-refractivity contribution in [2.75, 3.05) is 12.4 Å². The van der Waals surface area contributed by atoms with E-state index in [9.17, 15) is 10.2 Å². The van der Waals surface area contributed by atoms with Crippen molar-refractivity contribution in [1.82, 2.24) is 0 Å². The molecule has 0 amide bonds. The Bertz CT molecular complexity index is 582. The summed E-state index contributed by atoms with van der Waals surface area (Å²) in [4.78, 5) is 0. The summed E-state index contributed by atoms with van der Waals surface area (Å²) in [5.74, 6) is 1.18. The average molecular weight is 259 g/mol. The van der Waals surface area contributed by atoms with Gasteiger partial charge in [-0.3, -0.25) is 0 Å². The van der Waals surface area contributed by atoms with Crippen LogP contribution in [0, 0.1) is 6.92 Å². The van der Waals surface area contributed by atoms with Crippen LogP contribution in [0.3, 0.4) is 0 Å². The van der Waals surface area contributed by atoms with Crippen LogP contribution in [0.15, 0.2) is 36.4 Å². The molecule has 100 valence electrons. The molecule has 4 nitrogen and oxygen atoms in total. The average Bonchev–Trinajstić information content (AvgIpc) is 2.39. The van der Waals surface area contributed by atoms with Crippen molar-refractivity contribution in [3.63, 3.8) is 0 Å². The minimum absolute atomic E-state index is 0.227. The van der Waals surface area contributed by atoms with E-state index in [1.165, 1.54) is 0 Å². The number of phenolic OH excluding ortho intramolecular Hbond substituents is 2. The van der Waals surface area contributed by atoms with Gasteiger partial charge < -0.3 is 20.3 Å². The molecule has 0 aliphatic rings. The Morgan fingerprint density at radius 2 is 1.89 bits per heavy atom. The van der Waals surface area contributed by atoms with Gasteiger partial charge in [-0.25, -0.2) is 0 Å². The first-order chi connectivity index (χ1) is 9.10. The standard InChI is InChI=1S/C15H17NO3/c1-10-7-12(17)3-5-14(10)16-9-11-8-13(19-2)4-6-15(11)18/h3-8,16-18H,9H2,1-2H3. The highest BCUT2D eigenvalue weighted by atomic mass is 16.5. The summed E-state index contributed by atoms with van der Waals surface area (Å²) >= 11 is 0. The van der Waals surface area contributed by atoms with E-state index in [0.29, 0.717) is 12.3 Å². The van der Waals surface area contributed by atoms with Crippen molar-refractivity contribution in [1.29, 1.82) is 0 Å². The summed E-state index contributed by atoms with van der Waals surface area (Å²) < 4.78 is 5.13.